The Morgan fingerprint density at radius 2 is 1.19 bits per heavy atom. The number of benzene rings is 3. The standard InChI is InChI=1S/C22H21NO2S/c1-4-15-23(16-5-2)26(24,25)22-20-13-9-7-11-18(20)17(6-3)19-12-8-10-14-21(19)22/h4-14H,1-3,15-16H2. The molecule has 0 aromatic heterocycles. The summed E-state index contributed by atoms with van der Waals surface area (Å²) in [5, 5.41) is 3.13. The van der Waals surface area contributed by atoms with E-state index in [4.69, 9.17) is 0 Å². The van der Waals surface area contributed by atoms with Gasteiger partial charge in [0.15, 0.2) is 0 Å². The van der Waals surface area contributed by atoms with E-state index >= 15 is 0 Å². The molecule has 26 heavy (non-hydrogen) atoms. The van der Waals surface area contributed by atoms with Gasteiger partial charge in [-0.25, -0.2) is 8.42 Å². The van der Waals surface area contributed by atoms with Crippen LogP contribution in [-0.4, -0.2) is 25.8 Å². The van der Waals surface area contributed by atoms with E-state index in [1.54, 1.807) is 18.2 Å². The molecule has 0 saturated heterocycles. The molecule has 0 fully saturated rings. The van der Waals surface area contributed by atoms with E-state index in [0.29, 0.717) is 15.7 Å². The van der Waals surface area contributed by atoms with E-state index in [0.717, 1.165) is 16.3 Å². The maximum absolute atomic E-state index is 13.5. The van der Waals surface area contributed by atoms with Crippen LogP contribution in [0.3, 0.4) is 0 Å². The normalized spacial score (nSPS) is 11.7. The molecule has 3 aromatic carbocycles. The second kappa shape index (κ2) is 7.28. The van der Waals surface area contributed by atoms with Gasteiger partial charge in [0.05, 0.1) is 4.90 Å². The molecule has 0 spiro atoms. The highest BCUT2D eigenvalue weighted by Gasteiger charge is 2.28. The zero-order valence-electron chi connectivity index (χ0n) is 14.6. The van der Waals surface area contributed by atoms with Crippen LogP contribution in [0.5, 0.6) is 0 Å². The monoisotopic (exact) mass is 363 g/mol. The molecule has 3 rings (SSSR count). The van der Waals surface area contributed by atoms with Crippen molar-refractivity contribution in [1.82, 2.24) is 4.31 Å². The van der Waals surface area contributed by atoms with Gasteiger partial charge in [-0.05, 0) is 16.3 Å². The van der Waals surface area contributed by atoms with E-state index in [9.17, 15) is 8.42 Å². The van der Waals surface area contributed by atoms with E-state index in [1.807, 2.05) is 48.5 Å². The molecular formula is C22H21NO2S. The minimum Gasteiger partial charge on any atom is -0.207 e. The summed E-state index contributed by atoms with van der Waals surface area (Å²) in [6.45, 7) is 11.8. The van der Waals surface area contributed by atoms with Gasteiger partial charge in [0.2, 0.25) is 10.0 Å². The van der Waals surface area contributed by atoms with E-state index in [1.165, 1.54) is 4.31 Å². The molecule has 0 radical (unpaired) electrons. The maximum Gasteiger partial charge on any atom is 0.244 e. The van der Waals surface area contributed by atoms with Gasteiger partial charge in [-0.15, -0.1) is 13.2 Å². The molecule has 0 N–H and O–H groups in total. The van der Waals surface area contributed by atoms with Crippen LogP contribution >= 0.6 is 0 Å². The molecule has 132 valence electrons. The average Bonchev–Trinajstić information content (AvgIpc) is 2.65. The molecule has 3 aromatic rings. The molecule has 0 heterocycles. The fourth-order valence-electron chi connectivity index (χ4n) is 3.31. The van der Waals surface area contributed by atoms with Gasteiger partial charge >= 0.3 is 0 Å². The van der Waals surface area contributed by atoms with Crippen molar-refractivity contribution >= 4 is 37.6 Å². The second-order valence-electron chi connectivity index (χ2n) is 5.94. The SMILES string of the molecule is C=CCN(CC=C)S(=O)(=O)c1c2ccccc2c(C=C)c2ccccc12. The van der Waals surface area contributed by atoms with E-state index in [2.05, 4.69) is 19.7 Å². The topological polar surface area (TPSA) is 37.4 Å². The lowest BCUT2D eigenvalue weighted by molar-refractivity contribution is 0.475. The number of sulfonamides is 1. The van der Waals surface area contributed by atoms with Crippen LogP contribution in [0.1, 0.15) is 5.56 Å². The van der Waals surface area contributed by atoms with Crippen LogP contribution in [0.15, 0.2) is 85.3 Å². The molecule has 0 saturated carbocycles. The molecule has 0 aliphatic carbocycles. The van der Waals surface area contributed by atoms with Crippen molar-refractivity contribution in [2.45, 2.75) is 4.90 Å². The van der Waals surface area contributed by atoms with E-state index < -0.39 is 10.0 Å². The lowest BCUT2D eigenvalue weighted by Gasteiger charge is -2.22. The van der Waals surface area contributed by atoms with Crippen LogP contribution in [0, 0.1) is 0 Å². The number of nitrogens with zero attached hydrogens (tertiary/aromatic N) is 1. The van der Waals surface area contributed by atoms with Crippen LogP contribution in [0.4, 0.5) is 0 Å². The fourth-order valence-corrected chi connectivity index (χ4v) is 5.08. The lowest BCUT2D eigenvalue weighted by atomic mass is 9.97. The van der Waals surface area contributed by atoms with Crippen molar-refractivity contribution in [3.05, 3.63) is 86.0 Å². The first-order valence-electron chi connectivity index (χ1n) is 8.34. The van der Waals surface area contributed by atoms with Gasteiger partial charge in [0.25, 0.3) is 0 Å². The van der Waals surface area contributed by atoms with Crippen molar-refractivity contribution in [2.24, 2.45) is 0 Å². The molecular weight excluding hydrogens is 342 g/mol. The van der Waals surface area contributed by atoms with Crippen molar-refractivity contribution in [3.63, 3.8) is 0 Å². The zero-order valence-corrected chi connectivity index (χ0v) is 15.4. The number of hydrogen-bond donors (Lipinski definition) is 0. The largest absolute Gasteiger partial charge is 0.244 e. The summed E-state index contributed by atoms with van der Waals surface area (Å²) in [6.07, 6.45) is 4.96. The Kier molecular flexibility index (Phi) is 5.07. The number of hydrogen-bond acceptors (Lipinski definition) is 2. The Morgan fingerprint density at radius 3 is 1.58 bits per heavy atom. The number of fused-ring (bicyclic) bond motifs is 2. The highest BCUT2D eigenvalue weighted by atomic mass is 32.2. The highest BCUT2D eigenvalue weighted by Crippen LogP contribution is 2.37. The molecule has 0 aliphatic heterocycles. The smallest absolute Gasteiger partial charge is 0.207 e. The van der Waals surface area contributed by atoms with Crippen molar-refractivity contribution in [2.75, 3.05) is 13.1 Å². The summed E-state index contributed by atoms with van der Waals surface area (Å²) in [5.41, 5.74) is 0.939. The summed E-state index contributed by atoms with van der Waals surface area (Å²) in [6, 6.07) is 15.1. The summed E-state index contributed by atoms with van der Waals surface area (Å²) in [7, 11) is -3.75. The van der Waals surface area contributed by atoms with Gasteiger partial charge in [0.1, 0.15) is 0 Å². The van der Waals surface area contributed by atoms with E-state index in [-0.39, 0.29) is 13.1 Å². The Morgan fingerprint density at radius 1 is 0.769 bits per heavy atom. The van der Waals surface area contributed by atoms with Crippen LogP contribution in [-0.2, 0) is 10.0 Å². The molecule has 0 bridgehead atoms. The third-order valence-corrected chi connectivity index (χ3v) is 6.32. The van der Waals surface area contributed by atoms with Crippen LogP contribution in [0.25, 0.3) is 27.6 Å². The van der Waals surface area contributed by atoms with Crippen molar-refractivity contribution in [3.8, 4) is 0 Å². The summed E-state index contributed by atoms with van der Waals surface area (Å²) < 4.78 is 28.5. The first kappa shape index (κ1) is 18.1. The fraction of sp³-hybridized carbons (Fsp3) is 0.0909. The van der Waals surface area contributed by atoms with Gasteiger partial charge < -0.3 is 0 Å². The Hall–Kier alpha value is -2.69. The van der Waals surface area contributed by atoms with Gasteiger partial charge in [0, 0.05) is 23.9 Å². The number of rotatable bonds is 7. The van der Waals surface area contributed by atoms with Crippen LogP contribution < -0.4 is 0 Å². The summed E-state index contributed by atoms with van der Waals surface area (Å²) in [5.74, 6) is 0. The average molecular weight is 363 g/mol. The second-order valence-corrected chi connectivity index (χ2v) is 7.81. The van der Waals surface area contributed by atoms with Crippen LogP contribution in [0.2, 0.25) is 0 Å². The molecule has 0 atom stereocenters. The summed E-state index contributed by atoms with van der Waals surface area (Å²) in [4.78, 5) is 0.318. The zero-order chi connectivity index (χ0) is 18.7. The minimum absolute atomic E-state index is 0.222. The Bertz CT molecular complexity index is 1050. The molecule has 0 unspecified atom stereocenters. The first-order valence-corrected chi connectivity index (χ1v) is 9.78. The van der Waals surface area contributed by atoms with Crippen molar-refractivity contribution in [1.29, 1.82) is 0 Å². The molecule has 0 aliphatic rings. The van der Waals surface area contributed by atoms with Gasteiger partial charge in [-0.3, -0.25) is 0 Å². The quantitative estimate of drug-likeness (QED) is 0.438. The Labute approximate surface area is 154 Å². The lowest BCUT2D eigenvalue weighted by Crippen LogP contribution is -2.31. The van der Waals surface area contributed by atoms with Gasteiger partial charge in [-0.1, -0.05) is 73.3 Å². The third-order valence-electron chi connectivity index (χ3n) is 4.39. The predicted octanol–water partition coefficient (Wildman–Crippen LogP) is 5.00. The van der Waals surface area contributed by atoms with Crippen molar-refractivity contribution < 1.29 is 8.42 Å². The summed E-state index contributed by atoms with van der Waals surface area (Å²) >= 11 is 0. The molecule has 0 amide bonds. The Balaban J connectivity index is 2.50. The first-order chi connectivity index (χ1) is 12.6. The maximum atomic E-state index is 13.5. The molecule has 3 nitrogen and oxygen atoms in total. The third kappa shape index (κ3) is 2.87. The minimum atomic E-state index is -3.75. The predicted molar refractivity (Wildman–Crippen MR) is 111 cm³/mol. The highest BCUT2D eigenvalue weighted by molar-refractivity contribution is 7.89. The molecule has 4 heteroatoms. The van der Waals surface area contributed by atoms with Gasteiger partial charge in [-0.2, -0.15) is 4.31 Å².